The fraction of sp³-hybridized carbons (Fsp3) is 0.500. The fourth-order valence-electron chi connectivity index (χ4n) is 2.29. The van der Waals surface area contributed by atoms with Crippen molar-refractivity contribution in [1.82, 2.24) is 0 Å². The van der Waals surface area contributed by atoms with Crippen LogP contribution < -0.4 is 11.5 Å². The Bertz CT molecular complexity index is 566. The number of ketones is 1. The van der Waals surface area contributed by atoms with Gasteiger partial charge >= 0.3 is 5.97 Å². The van der Waals surface area contributed by atoms with Gasteiger partial charge in [-0.25, -0.2) is 4.79 Å². The molecule has 7 nitrogen and oxygen atoms in total. The number of aryl methyl sites for hydroxylation is 1. The van der Waals surface area contributed by atoms with E-state index in [1.165, 1.54) is 13.8 Å². The lowest BCUT2D eigenvalue weighted by atomic mass is 9.74. The van der Waals surface area contributed by atoms with E-state index in [1.807, 2.05) is 0 Å². The van der Waals surface area contributed by atoms with Crippen LogP contribution in [0.3, 0.4) is 0 Å². The van der Waals surface area contributed by atoms with Crippen molar-refractivity contribution in [3.05, 3.63) is 29.8 Å². The number of nitrogens with two attached hydrogens (primary N) is 2. The molecule has 23 heavy (non-hydrogen) atoms. The van der Waals surface area contributed by atoms with E-state index in [0.717, 1.165) is 5.56 Å². The molecule has 0 saturated heterocycles. The molecule has 1 aromatic rings. The van der Waals surface area contributed by atoms with E-state index in [4.69, 9.17) is 16.6 Å². The monoisotopic (exact) mass is 324 g/mol. The average molecular weight is 324 g/mol. The Kier molecular flexibility index (Phi) is 5.87. The van der Waals surface area contributed by atoms with Gasteiger partial charge in [-0.15, -0.1) is 0 Å². The number of aromatic hydroxyl groups is 1. The molecule has 1 aromatic carbocycles. The van der Waals surface area contributed by atoms with Gasteiger partial charge in [0.2, 0.25) is 5.72 Å². The molecular weight excluding hydrogens is 300 g/mol. The second kappa shape index (κ2) is 7.08. The summed E-state index contributed by atoms with van der Waals surface area (Å²) >= 11 is 0. The molecule has 0 radical (unpaired) electrons. The van der Waals surface area contributed by atoms with Crippen LogP contribution in [0.5, 0.6) is 5.75 Å². The van der Waals surface area contributed by atoms with Gasteiger partial charge in [-0.2, -0.15) is 0 Å². The molecule has 128 valence electrons. The number of carboxylic acid groups (broad SMARTS) is 1. The van der Waals surface area contributed by atoms with Gasteiger partial charge in [0.05, 0.1) is 6.04 Å². The predicted molar refractivity (Wildman–Crippen MR) is 84.6 cm³/mol. The van der Waals surface area contributed by atoms with E-state index < -0.39 is 23.2 Å². The number of rotatable bonds is 8. The third-order valence-corrected chi connectivity index (χ3v) is 4.12. The van der Waals surface area contributed by atoms with Crippen molar-refractivity contribution in [2.24, 2.45) is 16.9 Å². The molecule has 2 atom stereocenters. The molecule has 0 bridgehead atoms. The van der Waals surface area contributed by atoms with Crippen LogP contribution in [0, 0.1) is 5.41 Å². The predicted octanol–water partition coefficient (Wildman–Crippen LogP) is 0.369. The van der Waals surface area contributed by atoms with Crippen LogP contribution in [0.4, 0.5) is 0 Å². The lowest BCUT2D eigenvalue weighted by Crippen LogP contribution is -2.67. The average Bonchev–Trinajstić information content (AvgIpc) is 2.48. The Hall–Kier alpha value is -1.96. The van der Waals surface area contributed by atoms with E-state index in [2.05, 4.69) is 0 Å². The molecule has 0 heterocycles. The highest BCUT2D eigenvalue weighted by atomic mass is 16.4. The van der Waals surface area contributed by atoms with Gasteiger partial charge in [0.15, 0.2) is 0 Å². The minimum absolute atomic E-state index is 0.174. The number of phenols is 1. The number of Topliss-reactive ketones (excluding diaryl/α,β-unsaturated/α-hetero) is 1. The summed E-state index contributed by atoms with van der Waals surface area (Å²) in [7, 11) is 0. The number of carboxylic acids is 1. The number of benzene rings is 1. The minimum Gasteiger partial charge on any atom is -0.508 e. The molecule has 0 aliphatic rings. The van der Waals surface area contributed by atoms with Crippen LogP contribution in [0.25, 0.3) is 0 Å². The molecule has 1 rings (SSSR count). The standard InChI is InChI=1S/C16H24N2O5/c1-15(2,13(17)16(18,23)14(21)22)12(20)5-3-4-10-6-8-11(19)9-7-10/h6-9,13,19,23H,3-5,17-18H2,1-2H3,(H,21,22)/t13-,16+/m1/s1. The first-order valence-corrected chi connectivity index (χ1v) is 7.31. The Morgan fingerprint density at radius 2 is 1.74 bits per heavy atom. The number of carbonyl (C=O) groups is 2. The number of aliphatic hydroxyl groups is 1. The Morgan fingerprint density at radius 1 is 1.22 bits per heavy atom. The summed E-state index contributed by atoms with van der Waals surface area (Å²) in [6, 6.07) is 5.23. The van der Waals surface area contributed by atoms with Crippen molar-refractivity contribution in [2.45, 2.75) is 44.9 Å². The molecule has 0 amide bonds. The zero-order valence-corrected chi connectivity index (χ0v) is 13.3. The van der Waals surface area contributed by atoms with E-state index in [1.54, 1.807) is 24.3 Å². The Labute approximate surface area is 134 Å². The molecular formula is C16H24N2O5. The maximum absolute atomic E-state index is 12.3. The molecule has 0 aliphatic heterocycles. The van der Waals surface area contributed by atoms with Gasteiger partial charge in [0, 0.05) is 11.8 Å². The molecule has 0 aromatic heterocycles. The van der Waals surface area contributed by atoms with Crippen molar-refractivity contribution < 1.29 is 24.9 Å². The van der Waals surface area contributed by atoms with Crippen molar-refractivity contribution in [3.63, 3.8) is 0 Å². The van der Waals surface area contributed by atoms with Crippen LogP contribution in [0.15, 0.2) is 24.3 Å². The highest BCUT2D eigenvalue weighted by Crippen LogP contribution is 2.28. The second-order valence-electron chi connectivity index (χ2n) is 6.27. The van der Waals surface area contributed by atoms with Crippen molar-refractivity contribution >= 4 is 11.8 Å². The van der Waals surface area contributed by atoms with E-state index in [9.17, 15) is 19.8 Å². The highest BCUT2D eigenvalue weighted by Gasteiger charge is 2.49. The lowest BCUT2D eigenvalue weighted by molar-refractivity contribution is -0.165. The van der Waals surface area contributed by atoms with Gasteiger partial charge in [-0.3, -0.25) is 10.5 Å². The van der Waals surface area contributed by atoms with Gasteiger partial charge in [-0.1, -0.05) is 26.0 Å². The second-order valence-corrected chi connectivity index (χ2v) is 6.27. The van der Waals surface area contributed by atoms with Crippen LogP contribution in [-0.4, -0.2) is 38.8 Å². The third-order valence-electron chi connectivity index (χ3n) is 4.12. The molecule has 0 fully saturated rings. The van der Waals surface area contributed by atoms with Crippen LogP contribution in [-0.2, 0) is 16.0 Å². The summed E-state index contributed by atoms with van der Waals surface area (Å²) in [4.78, 5) is 23.3. The zero-order valence-electron chi connectivity index (χ0n) is 13.3. The lowest BCUT2D eigenvalue weighted by Gasteiger charge is -2.37. The smallest absolute Gasteiger partial charge is 0.352 e. The first kappa shape index (κ1) is 19.1. The SMILES string of the molecule is CC(C)(C(=O)CCCc1ccc(O)cc1)[C@@H](N)[C@](N)(O)C(=O)O. The molecule has 7 heteroatoms. The maximum Gasteiger partial charge on any atom is 0.352 e. The normalized spacial score (nSPS) is 15.7. The zero-order chi connectivity index (χ0) is 17.8. The summed E-state index contributed by atoms with van der Waals surface area (Å²) < 4.78 is 0. The van der Waals surface area contributed by atoms with Gasteiger partial charge in [-0.05, 0) is 30.5 Å². The maximum atomic E-state index is 12.3. The molecule has 7 N–H and O–H groups in total. The first-order chi connectivity index (χ1) is 10.5. The van der Waals surface area contributed by atoms with Crippen LogP contribution >= 0.6 is 0 Å². The molecule has 0 aliphatic carbocycles. The van der Waals surface area contributed by atoms with Gasteiger partial charge in [0.1, 0.15) is 11.5 Å². The fourth-order valence-corrected chi connectivity index (χ4v) is 2.29. The summed E-state index contributed by atoms with van der Waals surface area (Å²) in [5.74, 6) is -1.77. The van der Waals surface area contributed by atoms with Gasteiger partial charge in [0.25, 0.3) is 0 Å². The van der Waals surface area contributed by atoms with Crippen LogP contribution in [0.1, 0.15) is 32.3 Å². The largest absolute Gasteiger partial charge is 0.508 e. The Balaban J connectivity index is 2.65. The first-order valence-electron chi connectivity index (χ1n) is 7.31. The summed E-state index contributed by atoms with van der Waals surface area (Å²) in [5.41, 5.74) is 8.06. The summed E-state index contributed by atoms with van der Waals surface area (Å²) in [6.45, 7) is 2.95. The highest BCUT2D eigenvalue weighted by molar-refractivity contribution is 5.87. The molecule has 0 spiro atoms. The molecule has 0 saturated carbocycles. The number of carbonyl (C=O) groups excluding carboxylic acids is 1. The third kappa shape index (κ3) is 4.51. The summed E-state index contributed by atoms with van der Waals surface area (Å²) in [5, 5.41) is 27.9. The van der Waals surface area contributed by atoms with E-state index in [0.29, 0.717) is 12.8 Å². The quantitative estimate of drug-likeness (QED) is 0.434. The summed E-state index contributed by atoms with van der Waals surface area (Å²) in [6.07, 6.45) is 1.34. The number of aliphatic carboxylic acids is 1. The number of phenolic OH excluding ortho intramolecular Hbond substituents is 1. The Morgan fingerprint density at radius 3 is 2.22 bits per heavy atom. The number of hydrogen-bond donors (Lipinski definition) is 5. The van der Waals surface area contributed by atoms with Gasteiger partial charge < -0.3 is 21.1 Å². The van der Waals surface area contributed by atoms with Crippen molar-refractivity contribution in [3.8, 4) is 5.75 Å². The van der Waals surface area contributed by atoms with Crippen LogP contribution in [0.2, 0.25) is 0 Å². The van der Waals surface area contributed by atoms with Crippen molar-refractivity contribution in [1.29, 1.82) is 0 Å². The number of hydrogen-bond acceptors (Lipinski definition) is 6. The van der Waals surface area contributed by atoms with E-state index >= 15 is 0 Å². The topological polar surface area (TPSA) is 147 Å². The van der Waals surface area contributed by atoms with E-state index in [-0.39, 0.29) is 18.0 Å². The molecule has 0 unspecified atom stereocenters. The minimum atomic E-state index is -2.67. The van der Waals surface area contributed by atoms with Crippen molar-refractivity contribution in [2.75, 3.05) is 0 Å².